The average molecular weight is 648 g/mol. The summed E-state index contributed by atoms with van der Waals surface area (Å²) in [6, 6.07) is 37.3. The quantitative estimate of drug-likeness (QED) is 0.186. The summed E-state index contributed by atoms with van der Waals surface area (Å²) < 4.78 is 72.4. The van der Waals surface area contributed by atoms with Gasteiger partial charge in [0.15, 0.2) is 17.5 Å². The lowest BCUT2D eigenvalue weighted by atomic mass is 10.0. The number of furan rings is 1. The second-order valence-electron chi connectivity index (χ2n) is 11.9. The van der Waals surface area contributed by atoms with E-state index in [2.05, 4.69) is 0 Å². The van der Waals surface area contributed by atoms with Crippen molar-refractivity contribution in [1.82, 2.24) is 19.5 Å². The molecule has 0 amide bonds. The maximum atomic E-state index is 9.75. The van der Waals surface area contributed by atoms with Gasteiger partial charge in [-0.1, -0.05) is 127 Å². The molecular weight excluding hydrogens is 613 g/mol. The lowest BCUT2D eigenvalue weighted by molar-refractivity contribution is 0.670. The summed E-state index contributed by atoms with van der Waals surface area (Å²) >= 11 is 0. The maximum absolute atomic E-state index is 9.75. The molecule has 5 heteroatoms. The number of hydrogen-bond acceptors (Lipinski definition) is 4. The molecule has 234 valence electrons. The van der Waals surface area contributed by atoms with Gasteiger partial charge in [-0.2, -0.15) is 0 Å². The standard InChI is InChI=1S/C45H28N4O/c1-4-13-29(14-5-1)34-20-12-21-36-38-28-33(24-26-41(38)50-42(34)36)49-39-22-11-10-19-35(39)37-27-32(23-25-40(37)49)45-47-43(30-15-6-2-7-16-30)46-44(48-45)31-17-8-3-9-18-31/h1-28H/i10D,11D,19D,22D,23D,25D,27D. The largest absolute Gasteiger partial charge is 0.455 e. The first-order chi connectivity index (χ1) is 27.7. The molecule has 10 rings (SSSR count). The van der Waals surface area contributed by atoms with Crippen molar-refractivity contribution in [3.63, 3.8) is 0 Å². The van der Waals surface area contributed by atoms with Crippen molar-refractivity contribution in [3.05, 3.63) is 170 Å². The predicted octanol–water partition coefficient (Wildman–Crippen LogP) is 11.5. The minimum atomic E-state index is -0.475. The molecule has 50 heavy (non-hydrogen) atoms. The molecule has 0 bridgehead atoms. The Morgan fingerprint density at radius 1 is 0.480 bits per heavy atom. The Morgan fingerprint density at radius 3 is 1.80 bits per heavy atom. The third kappa shape index (κ3) is 4.60. The van der Waals surface area contributed by atoms with Gasteiger partial charge in [0, 0.05) is 49.5 Å². The zero-order valence-electron chi connectivity index (χ0n) is 33.3. The Morgan fingerprint density at radius 2 is 1.10 bits per heavy atom. The molecule has 3 aromatic heterocycles. The fraction of sp³-hybridized carbons (Fsp3) is 0. The molecule has 10 aromatic rings. The van der Waals surface area contributed by atoms with Crippen LogP contribution in [0, 0.1) is 0 Å². The first kappa shape index (κ1) is 21.9. The van der Waals surface area contributed by atoms with Crippen LogP contribution in [0.25, 0.3) is 94.7 Å². The predicted molar refractivity (Wildman–Crippen MR) is 203 cm³/mol. The number of aromatic nitrogens is 4. The van der Waals surface area contributed by atoms with E-state index in [1.165, 1.54) is 0 Å². The first-order valence-corrected chi connectivity index (χ1v) is 16.1. The zero-order valence-corrected chi connectivity index (χ0v) is 26.3. The number of rotatable bonds is 5. The van der Waals surface area contributed by atoms with Gasteiger partial charge in [-0.3, -0.25) is 0 Å². The molecule has 0 unspecified atom stereocenters. The molecule has 0 fully saturated rings. The highest BCUT2D eigenvalue weighted by atomic mass is 16.3. The molecule has 0 radical (unpaired) electrons. The third-order valence-electron chi connectivity index (χ3n) is 8.90. The average Bonchev–Trinajstić information content (AvgIpc) is 3.82. The minimum Gasteiger partial charge on any atom is -0.455 e. The van der Waals surface area contributed by atoms with Crippen LogP contribution in [0.15, 0.2) is 174 Å². The van der Waals surface area contributed by atoms with E-state index in [0.717, 1.165) is 21.9 Å². The van der Waals surface area contributed by atoms with E-state index >= 15 is 0 Å². The van der Waals surface area contributed by atoms with Crippen molar-refractivity contribution < 1.29 is 14.0 Å². The molecular formula is C45H28N4O. The Balaban J connectivity index is 1.29. The normalized spacial score (nSPS) is 13.6. The summed E-state index contributed by atoms with van der Waals surface area (Å²) in [6.45, 7) is 0. The van der Waals surface area contributed by atoms with Crippen LogP contribution >= 0.6 is 0 Å². The van der Waals surface area contributed by atoms with E-state index in [4.69, 9.17) is 24.9 Å². The molecule has 0 aliphatic carbocycles. The summed E-state index contributed by atoms with van der Waals surface area (Å²) in [5, 5.41) is 1.73. The van der Waals surface area contributed by atoms with Crippen LogP contribution in [0.5, 0.6) is 0 Å². The van der Waals surface area contributed by atoms with Gasteiger partial charge in [0.2, 0.25) is 0 Å². The van der Waals surface area contributed by atoms with Crippen molar-refractivity contribution in [2.24, 2.45) is 0 Å². The van der Waals surface area contributed by atoms with Gasteiger partial charge in [-0.15, -0.1) is 0 Å². The highest BCUT2D eigenvalue weighted by Gasteiger charge is 2.18. The Hall–Kier alpha value is -6.85. The minimum absolute atomic E-state index is 0.00431. The lowest BCUT2D eigenvalue weighted by Gasteiger charge is -2.10. The zero-order chi connectivity index (χ0) is 39.1. The fourth-order valence-corrected chi connectivity index (χ4v) is 6.58. The molecule has 0 spiro atoms. The van der Waals surface area contributed by atoms with Gasteiger partial charge in [0.05, 0.1) is 20.6 Å². The molecule has 0 aliphatic heterocycles. The molecule has 0 saturated carbocycles. The number of fused-ring (bicyclic) bond motifs is 6. The lowest BCUT2D eigenvalue weighted by Crippen LogP contribution is -2.00. The van der Waals surface area contributed by atoms with E-state index < -0.39 is 12.1 Å². The van der Waals surface area contributed by atoms with Crippen molar-refractivity contribution in [2.75, 3.05) is 0 Å². The van der Waals surface area contributed by atoms with Gasteiger partial charge in [0.1, 0.15) is 11.2 Å². The van der Waals surface area contributed by atoms with Crippen LogP contribution in [0.3, 0.4) is 0 Å². The topological polar surface area (TPSA) is 56.7 Å². The van der Waals surface area contributed by atoms with Crippen LogP contribution in [-0.2, 0) is 0 Å². The van der Waals surface area contributed by atoms with Crippen molar-refractivity contribution in [2.45, 2.75) is 0 Å². The van der Waals surface area contributed by atoms with Crippen LogP contribution in [-0.4, -0.2) is 19.5 Å². The Labute approximate surface area is 297 Å². The van der Waals surface area contributed by atoms with Crippen LogP contribution < -0.4 is 0 Å². The molecule has 0 saturated heterocycles. The van der Waals surface area contributed by atoms with Gasteiger partial charge in [-0.05, 0) is 47.9 Å². The SMILES string of the molecule is [2H]c1c([2H])c([2H])c2c(c1[2H])c1c([2H])c(-c3nc(-c4ccccc4)nc(-c4ccccc4)n3)c([2H])c([2H])c1n2-c1ccc2oc3c(-c4ccccc4)cccc3c2c1. The van der Waals surface area contributed by atoms with E-state index in [1.54, 1.807) is 16.7 Å². The molecule has 5 nitrogen and oxygen atoms in total. The van der Waals surface area contributed by atoms with Crippen molar-refractivity contribution in [3.8, 4) is 51.0 Å². The van der Waals surface area contributed by atoms with Gasteiger partial charge in [0.25, 0.3) is 0 Å². The molecule has 0 aliphatic rings. The molecule has 7 aromatic carbocycles. The summed E-state index contributed by atoms with van der Waals surface area (Å²) in [7, 11) is 0. The summed E-state index contributed by atoms with van der Waals surface area (Å²) in [5.41, 5.74) is 5.17. The second kappa shape index (κ2) is 11.4. The number of hydrogen-bond donors (Lipinski definition) is 0. The number of para-hydroxylation sites is 2. The maximum Gasteiger partial charge on any atom is 0.164 e. The smallest absolute Gasteiger partial charge is 0.164 e. The Kier molecular flexibility index (Phi) is 4.99. The van der Waals surface area contributed by atoms with E-state index in [-0.39, 0.29) is 63.4 Å². The molecule has 0 N–H and O–H groups in total. The van der Waals surface area contributed by atoms with E-state index in [1.807, 2.05) is 115 Å². The summed E-state index contributed by atoms with van der Waals surface area (Å²) in [4.78, 5) is 14.3. The first-order valence-electron chi connectivity index (χ1n) is 19.6. The summed E-state index contributed by atoms with van der Waals surface area (Å²) in [6.07, 6.45) is 0. The number of benzene rings is 7. The fourth-order valence-electron chi connectivity index (χ4n) is 6.58. The molecule has 3 heterocycles. The highest BCUT2D eigenvalue weighted by Crippen LogP contribution is 2.39. The van der Waals surface area contributed by atoms with Gasteiger partial charge >= 0.3 is 0 Å². The monoisotopic (exact) mass is 647 g/mol. The van der Waals surface area contributed by atoms with Crippen LogP contribution in [0.1, 0.15) is 9.60 Å². The second-order valence-corrected chi connectivity index (χ2v) is 11.9. The van der Waals surface area contributed by atoms with Crippen molar-refractivity contribution >= 4 is 43.7 Å². The van der Waals surface area contributed by atoms with E-state index in [9.17, 15) is 4.11 Å². The highest BCUT2D eigenvalue weighted by molar-refractivity contribution is 6.12. The third-order valence-corrected chi connectivity index (χ3v) is 8.90. The van der Waals surface area contributed by atoms with Gasteiger partial charge < -0.3 is 8.98 Å². The number of nitrogens with zero attached hydrogens (tertiary/aromatic N) is 4. The van der Waals surface area contributed by atoms with Crippen LogP contribution in [0.4, 0.5) is 0 Å². The van der Waals surface area contributed by atoms with Crippen LogP contribution in [0.2, 0.25) is 0 Å². The molecule has 0 atom stereocenters. The van der Waals surface area contributed by atoms with Crippen molar-refractivity contribution in [1.29, 1.82) is 0 Å². The summed E-state index contributed by atoms with van der Waals surface area (Å²) in [5.74, 6) is 0.617. The Bertz CT molecular complexity index is 3200. The van der Waals surface area contributed by atoms with Gasteiger partial charge in [-0.25, -0.2) is 15.0 Å². The van der Waals surface area contributed by atoms with E-state index in [0.29, 0.717) is 39.6 Å².